The molecule has 2 aromatic heterocycles. The Hall–Kier alpha value is -8.34. The summed E-state index contributed by atoms with van der Waals surface area (Å²) in [6.45, 7) is 26.8. The second-order valence-electron chi connectivity index (χ2n) is 26.5. The van der Waals surface area contributed by atoms with Crippen LogP contribution in [-0.2, 0) is 21.7 Å². The normalized spacial score (nSPS) is 14.7. The molecule has 4 heterocycles. The van der Waals surface area contributed by atoms with Crippen molar-refractivity contribution in [2.75, 3.05) is 0 Å². The van der Waals surface area contributed by atoms with E-state index in [0.717, 1.165) is 87.7 Å². The lowest BCUT2D eigenvalue weighted by atomic mass is 9.34. The first kappa shape index (κ1) is 41.7. The predicted molar refractivity (Wildman–Crippen MR) is 345 cm³/mol. The van der Waals surface area contributed by atoms with Gasteiger partial charge in [-0.1, -0.05) is 235 Å². The Balaban J connectivity index is 1.20. The van der Waals surface area contributed by atoms with Gasteiger partial charge in [0.1, 0.15) is 11.5 Å². The maximum absolute atomic E-state index is 9.45. The van der Waals surface area contributed by atoms with Crippen LogP contribution in [0.15, 0.2) is 200 Å². The molecule has 0 saturated heterocycles. The standard InChI is InChI=1S/C76H69BN2O/c1-73(2,3)50-35-46(36-51(43-50)74(4,5)6)48-39-62-58-26-16-14-24-56(58)55-23-13-15-25-57(55)59-27-17-22-32-67(59)79-68-41-49(47-37-52(75(7,8)9)44-53(38-47)76(10,11)12)42-70-71(68)77(64(40-48)72(62)79)63-34-33-54(45-69(63)80-70)78-65-30-20-18-28-60(65)61-29-19-21-31-66(61)78/h13-45H,1-12H3/i18D,19D,20D,21D,28D,29D,30D,31D. The second-order valence-corrected chi connectivity index (χ2v) is 26.5. The molecule has 0 aliphatic carbocycles. The molecule has 0 radical (unpaired) electrons. The molecular weight excluding hydrogens is 968 g/mol. The minimum atomic E-state index is -0.489. The molecule has 80 heavy (non-hydrogen) atoms. The fraction of sp³-hybridized carbons (Fsp3) is 0.211. The van der Waals surface area contributed by atoms with Crippen LogP contribution in [0.25, 0.3) is 98.8 Å². The van der Waals surface area contributed by atoms with Crippen LogP contribution in [0, 0.1) is 0 Å². The Bertz CT molecular complexity index is 5020. The van der Waals surface area contributed by atoms with Crippen molar-refractivity contribution >= 4 is 88.3 Å². The zero-order valence-electron chi connectivity index (χ0n) is 55.8. The predicted octanol–water partition coefficient (Wildman–Crippen LogP) is 18.8. The minimum Gasteiger partial charge on any atom is -0.458 e. The van der Waals surface area contributed by atoms with E-state index in [1.165, 1.54) is 22.3 Å². The van der Waals surface area contributed by atoms with Gasteiger partial charge in [-0.2, -0.15) is 0 Å². The van der Waals surface area contributed by atoms with Crippen molar-refractivity contribution in [2.24, 2.45) is 0 Å². The molecule has 0 N–H and O–H groups in total. The van der Waals surface area contributed by atoms with Crippen LogP contribution in [0.1, 0.15) is 116 Å². The third kappa shape index (κ3) is 7.92. The molecule has 2 aliphatic rings. The monoisotopic (exact) mass is 1040 g/mol. The zero-order chi connectivity index (χ0) is 62.3. The van der Waals surface area contributed by atoms with Crippen LogP contribution < -0.4 is 21.1 Å². The van der Waals surface area contributed by atoms with Crippen molar-refractivity contribution < 1.29 is 15.7 Å². The summed E-state index contributed by atoms with van der Waals surface area (Å²) in [6, 6.07) is 52.3. The topological polar surface area (TPSA) is 19.1 Å². The average Bonchev–Trinajstić information content (AvgIpc) is 0.854. The van der Waals surface area contributed by atoms with Gasteiger partial charge in [0.05, 0.1) is 27.5 Å². The first-order valence-corrected chi connectivity index (χ1v) is 28.1. The number of benzene rings is 10. The number of aromatic nitrogens is 2. The van der Waals surface area contributed by atoms with E-state index in [1.54, 1.807) is 4.57 Å². The van der Waals surface area contributed by atoms with Gasteiger partial charge >= 0.3 is 0 Å². The fourth-order valence-electron chi connectivity index (χ4n) is 12.6. The number of rotatable bonds is 3. The number of hydrogen-bond donors (Lipinski definition) is 0. The number of fused-ring (bicyclic) bond motifs is 14. The first-order chi connectivity index (χ1) is 41.5. The SMILES string of the molecule is [2H]c1c([2H])c([2H])c2c(c1[2H])c1c([2H])c([2H])c([2H])c([2H])c1n2-c1ccc2c(c1)Oc1cc(-c3cc(C(C)(C)C)cc(C(C)(C)C)c3)cc3c1B2c1cc(-c2cc(C(C)(C)C)cc(C(C)(C)C)c2)cc2c4ccccc4c4ccccc4c4ccccc4n-3c12. The Kier molecular flexibility index (Phi) is 9.16. The molecule has 392 valence electrons. The molecule has 12 aromatic rings. The third-order valence-electron chi connectivity index (χ3n) is 17.0. The molecule has 14 rings (SSSR count). The van der Waals surface area contributed by atoms with E-state index in [2.05, 4.69) is 221 Å². The minimum absolute atomic E-state index is 0.0185. The Labute approximate surface area is 483 Å². The van der Waals surface area contributed by atoms with E-state index in [-0.39, 0.29) is 67.6 Å². The van der Waals surface area contributed by atoms with E-state index in [9.17, 15) is 5.48 Å². The van der Waals surface area contributed by atoms with Gasteiger partial charge in [-0.15, -0.1) is 0 Å². The van der Waals surface area contributed by atoms with Gasteiger partial charge < -0.3 is 13.9 Å². The zero-order valence-corrected chi connectivity index (χ0v) is 47.8. The lowest BCUT2D eigenvalue weighted by Gasteiger charge is -2.36. The average molecular weight is 1050 g/mol. The number of nitrogens with zero attached hydrogens (tertiary/aromatic N) is 2. The van der Waals surface area contributed by atoms with Crippen LogP contribution in [0.4, 0.5) is 0 Å². The molecular formula is C76H69BN2O. The summed E-state index contributed by atoms with van der Waals surface area (Å²) < 4.78 is 84.5. The van der Waals surface area contributed by atoms with Crippen LogP contribution in [0.3, 0.4) is 0 Å². The molecule has 0 amide bonds. The number of ether oxygens (including phenoxy) is 1. The quantitative estimate of drug-likeness (QED) is 0.161. The van der Waals surface area contributed by atoms with Crippen molar-refractivity contribution in [1.29, 1.82) is 0 Å². The van der Waals surface area contributed by atoms with Crippen molar-refractivity contribution in [3.8, 4) is 45.1 Å². The summed E-state index contributed by atoms with van der Waals surface area (Å²) in [4.78, 5) is 0. The van der Waals surface area contributed by atoms with Crippen LogP contribution in [0.2, 0.25) is 0 Å². The summed E-state index contributed by atoms with van der Waals surface area (Å²) in [7, 11) is 0. The van der Waals surface area contributed by atoms with E-state index in [0.29, 0.717) is 17.2 Å². The molecule has 0 unspecified atom stereocenters. The highest BCUT2D eigenvalue weighted by Gasteiger charge is 2.41. The molecule has 0 saturated carbocycles. The highest BCUT2D eigenvalue weighted by Crippen LogP contribution is 2.44. The lowest BCUT2D eigenvalue weighted by Crippen LogP contribution is -2.58. The van der Waals surface area contributed by atoms with Crippen molar-refractivity contribution in [3.63, 3.8) is 0 Å². The molecule has 4 heteroatoms. The molecule has 10 aromatic carbocycles. The summed E-state index contributed by atoms with van der Waals surface area (Å²) in [5.41, 5.74) is 14.8. The fourth-order valence-corrected chi connectivity index (χ4v) is 12.6. The molecule has 0 fully saturated rings. The Morgan fingerprint density at radius 3 is 1.34 bits per heavy atom. The summed E-state index contributed by atoms with van der Waals surface area (Å²) >= 11 is 0. The molecule has 2 aliphatic heterocycles. The molecule has 0 atom stereocenters. The van der Waals surface area contributed by atoms with Gasteiger partial charge in [0, 0.05) is 44.5 Å². The van der Waals surface area contributed by atoms with E-state index < -0.39 is 30.9 Å². The number of para-hydroxylation sites is 3. The summed E-state index contributed by atoms with van der Waals surface area (Å²) in [6.07, 6.45) is 0. The maximum Gasteiger partial charge on any atom is 0.256 e. The summed E-state index contributed by atoms with van der Waals surface area (Å²) in [5.74, 6) is 1.15. The highest BCUT2D eigenvalue weighted by atomic mass is 16.5. The first-order valence-electron chi connectivity index (χ1n) is 32.1. The van der Waals surface area contributed by atoms with Crippen molar-refractivity contribution in [1.82, 2.24) is 9.13 Å². The van der Waals surface area contributed by atoms with Gasteiger partial charge in [-0.3, -0.25) is 0 Å². The second kappa shape index (κ2) is 17.6. The third-order valence-corrected chi connectivity index (χ3v) is 17.0. The van der Waals surface area contributed by atoms with Crippen LogP contribution in [-0.4, -0.2) is 15.8 Å². The lowest BCUT2D eigenvalue weighted by molar-refractivity contribution is 0.487. The molecule has 3 nitrogen and oxygen atoms in total. The van der Waals surface area contributed by atoms with Crippen LogP contribution >= 0.6 is 0 Å². The smallest absolute Gasteiger partial charge is 0.256 e. The van der Waals surface area contributed by atoms with Crippen molar-refractivity contribution in [2.45, 2.75) is 105 Å². The largest absolute Gasteiger partial charge is 0.458 e. The van der Waals surface area contributed by atoms with E-state index in [1.807, 2.05) is 18.2 Å². The van der Waals surface area contributed by atoms with Gasteiger partial charge in [0.2, 0.25) is 0 Å². The Morgan fingerprint density at radius 1 is 0.362 bits per heavy atom. The van der Waals surface area contributed by atoms with Crippen LogP contribution in [0.5, 0.6) is 11.5 Å². The maximum atomic E-state index is 9.45. The molecule has 0 bridgehead atoms. The van der Waals surface area contributed by atoms with Gasteiger partial charge in [0.15, 0.2) is 0 Å². The van der Waals surface area contributed by atoms with Crippen molar-refractivity contribution in [3.05, 3.63) is 222 Å². The van der Waals surface area contributed by atoms with E-state index >= 15 is 0 Å². The molecule has 0 spiro atoms. The van der Waals surface area contributed by atoms with E-state index in [4.69, 9.17) is 10.2 Å². The number of hydrogen-bond acceptors (Lipinski definition) is 1. The Morgan fingerprint density at radius 2 is 0.812 bits per heavy atom. The summed E-state index contributed by atoms with van der Waals surface area (Å²) in [5, 5.41) is 6.62. The highest BCUT2D eigenvalue weighted by molar-refractivity contribution is 6.99. The van der Waals surface area contributed by atoms with Gasteiger partial charge in [-0.25, -0.2) is 0 Å². The van der Waals surface area contributed by atoms with Gasteiger partial charge in [0.25, 0.3) is 6.71 Å². The van der Waals surface area contributed by atoms with Gasteiger partial charge in [-0.05, 0) is 147 Å².